The molecule has 0 unspecified atom stereocenters. The Bertz CT molecular complexity index is 1010. The maximum Gasteiger partial charge on any atom is 0.416 e. The molecular weight excluding hydrogens is 365 g/mol. The Morgan fingerprint density at radius 3 is 2.62 bits per heavy atom. The van der Waals surface area contributed by atoms with Crippen molar-refractivity contribution in [3.63, 3.8) is 0 Å². The number of para-hydroxylation sites is 1. The molecular formula is C17H11F3N4OS. The van der Waals surface area contributed by atoms with Crippen LogP contribution in [-0.2, 0) is 6.18 Å². The Labute approximate surface area is 150 Å². The van der Waals surface area contributed by atoms with E-state index in [1.54, 1.807) is 24.3 Å². The van der Waals surface area contributed by atoms with Gasteiger partial charge in [0.1, 0.15) is 5.75 Å². The Kier molecular flexibility index (Phi) is 3.95. The summed E-state index contributed by atoms with van der Waals surface area (Å²) in [6, 6.07) is 11.7. The number of rotatable bonds is 2. The highest BCUT2D eigenvalue weighted by atomic mass is 32.2. The van der Waals surface area contributed by atoms with Crippen molar-refractivity contribution in [3.8, 4) is 17.1 Å². The van der Waals surface area contributed by atoms with Crippen LogP contribution in [0.1, 0.15) is 11.1 Å². The van der Waals surface area contributed by atoms with E-state index < -0.39 is 11.7 Å². The van der Waals surface area contributed by atoms with Gasteiger partial charge in [0.2, 0.25) is 5.16 Å². The van der Waals surface area contributed by atoms with Crippen LogP contribution in [0.4, 0.5) is 13.2 Å². The van der Waals surface area contributed by atoms with E-state index in [4.69, 9.17) is 0 Å². The molecule has 1 aliphatic rings. The summed E-state index contributed by atoms with van der Waals surface area (Å²) in [7, 11) is 0. The Hall–Kier alpha value is -2.81. The van der Waals surface area contributed by atoms with E-state index in [1.165, 1.54) is 28.6 Å². The van der Waals surface area contributed by atoms with Gasteiger partial charge in [-0.3, -0.25) is 0 Å². The fraction of sp³-hybridized carbons (Fsp3) is 0.118. The zero-order chi connectivity index (χ0) is 18.3. The van der Waals surface area contributed by atoms with E-state index in [-0.39, 0.29) is 5.75 Å². The van der Waals surface area contributed by atoms with E-state index >= 15 is 0 Å². The lowest BCUT2D eigenvalue weighted by Crippen LogP contribution is -2.15. The van der Waals surface area contributed by atoms with Crippen LogP contribution in [0.5, 0.6) is 5.75 Å². The summed E-state index contributed by atoms with van der Waals surface area (Å²) < 4.78 is 40.3. The lowest BCUT2D eigenvalue weighted by Gasteiger charge is -2.15. The number of fused-ring (bicyclic) bond motifs is 1. The summed E-state index contributed by atoms with van der Waals surface area (Å²) in [6.45, 7) is 0. The van der Waals surface area contributed by atoms with Crippen LogP contribution in [0.25, 0.3) is 11.4 Å². The number of thioether (sulfide) groups is 1. The molecule has 0 saturated heterocycles. The number of halogens is 3. The topological polar surface area (TPSA) is 63.3 Å². The molecule has 2 heterocycles. The zero-order valence-corrected chi connectivity index (χ0v) is 13.9. The van der Waals surface area contributed by atoms with Crippen LogP contribution in [-0.4, -0.2) is 31.4 Å². The van der Waals surface area contributed by atoms with Gasteiger partial charge in [0.05, 0.1) is 16.8 Å². The molecule has 0 amide bonds. The highest BCUT2D eigenvalue weighted by molar-refractivity contribution is 7.99. The second-order valence-corrected chi connectivity index (χ2v) is 6.49. The molecule has 132 valence electrons. The molecule has 1 aliphatic heterocycles. The van der Waals surface area contributed by atoms with E-state index in [0.717, 1.165) is 12.1 Å². The quantitative estimate of drug-likeness (QED) is 0.734. The van der Waals surface area contributed by atoms with Crippen molar-refractivity contribution in [2.24, 2.45) is 5.10 Å². The number of hydrogen-bond acceptors (Lipinski definition) is 5. The number of aromatic hydroxyl groups is 1. The standard InChI is InChI=1S/C17H11F3N4OS/c18-17(19,20)11-5-3-4-10(8-11)13-9-26-16-22-21-15(24(16)23-13)12-6-1-2-7-14(12)25/h1-8,25H,9H2. The summed E-state index contributed by atoms with van der Waals surface area (Å²) in [5, 5.41) is 23.1. The number of nitrogens with zero attached hydrogens (tertiary/aromatic N) is 4. The SMILES string of the molecule is Oc1ccccc1-c1nnc2n1N=C(c1cccc(C(F)(F)F)c1)CS2. The van der Waals surface area contributed by atoms with Gasteiger partial charge in [-0.1, -0.05) is 36.0 Å². The average Bonchev–Trinajstić information content (AvgIpc) is 3.04. The number of alkyl halides is 3. The summed E-state index contributed by atoms with van der Waals surface area (Å²) in [4.78, 5) is 0. The second kappa shape index (κ2) is 6.17. The van der Waals surface area contributed by atoms with Crippen molar-refractivity contribution in [3.05, 3.63) is 59.7 Å². The third-order valence-electron chi connectivity index (χ3n) is 3.84. The maximum atomic E-state index is 13.0. The molecule has 0 saturated carbocycles. The van der Waals surface area contributed by atoms with Crippen molar-refractivity contribution in [2.75, 3.05) is 5.75 Å². The van der Waals surface area contributed by atoms with Gasteiger partial charge >= 0.3 is 6.18 Å². The lowest BCUT2D eigenvalue weighted by atomic mass is 10.1. The monoisotopic (exact) mass is 376 g/mol. The van der Waals surface area contributed by atoms with Gasteiger partial charge in [0, 0.05) is 5.75 Å². The Morgan fingerprint density at radius 2 is 1.85 bits per heavy atom. The van der Waals surface area contributed by atoms with Crippen LogP contribution in [0.3, 0.4) is 0 Å². The van der Waals surface area contributed by atoms with Crippen LogP contribution in [0.2, 0.25) is 0 Å². The van der Waals surface area contributed by atoms with Gasteiger partial charge in [-0.2, -0.15) is 22.9 Å². The van der Waals surface area contributed by atoms with Crippen molar-refractivity contribution in [2.45, 2.75) is 11.3 Å². The molecule has 26 heavy (non-hydrogen) atoms. The van der Waals surface area contributed by atoms with Crippen LogP contribution in [0, 0.1) is 0 Å². The molecule has 2 aromatic carbocycles. The highest BCUT2D eigenvalue weighted by Gasteiger charge is 2.31. The van der Waals surface area contributed by atoms with E-state index in [1.807, 2.05) is 0 Å². The molecule has 0 spiro atoms. The van der Waals surface area contributed by atoms with Gasteiger partial charge < -0.3 is 5.11 Å². The Morgan fingerprint density at radius 1 is 1.04 bits per heavy atom. The number of phenolic OH excluding ortho intramolecular Hbond substituents is 1. The largest absolute Gasteiger partial charge is 0.507 e. The summed E-state index contributed by atoms with van der Waals surface area (Å²) in [5.74, 6) is 0.726. The molecule has 0 bridgehead atoms. The molecule has 3 aromatic rings. The minimum Gasteiger partial charge on any atom is -0.507 e. The summed E-state index contributed by atoms with van der Waals surface area (Å²) in [6.07, 6.45) is -4.42. The van der Waals surface area contributed by atoms with Crippen LogP contribution in [0.15, 0.2) is 58.8 Å². The molecule has 0 fully saturated rings. The van der Waals surface area contributed by atoms with Crippen molar-refractivity contribution >= 4 is 17.5 Å². The Balaban J connectivity index is 1.79. The minimum atomic E-state index is -4.42. The maximum absolute atomic E-state index is 13.0. The first kappa shape index (κ1) is 16.6. The lowest BCUT2D eigenvalue weighted by molar-refractivity contribution is -0.137. The number of hydrogen-bond donors (Lipinski definition) is 1. The number of benzene rings is 2. The first-order valence-electron chi connectivity index (χ1n) is 7.55. The van der Waals surface area contributed by atoms with E-state index in [9.17, 15) is 18.3 Å². The first-order chi connectivity index (χ1) is 12.4. The predicted octanol–water partition coefficient (Wildman–Crippen LogP) is 4.03. The molecule has 0 aliphatic carbocycles. The van der Waals surface area contributed by atoms with Crippen molar-refractivity contribution < 1.29 is 18.3 Å². The molecule has 5 nitrogen and oxygen atoms in total. The number of phenols is 1. The fourth-order valence-electron chi connectivity index (χ4n) is 2.57. The van der Waals surface area contributed by atoms with Crippen molar-refractivity contribution in [1.29, 1.82) is 0 Å². The molecule has 0 atom stereocenters. The molecule has 1 aromatic heterocycles. The second-order valence-electron chi connectivity index (χ2n) is 5.55. The molecule has 1 N–H and O–H groups in total. The fourth-order valence-corrected chi connectivity index (χ4v) is 3.41. The van der Waals surface area contributed by atoms with Gasteiger partial charge in [-0.25, -0.2) is 0 Å². The summed E-state index contributed by atoms with van der Waals surface area (Å²) >= 11 is 1.32. The predicted molar refractivity (Wildman–Crippen MR) is 91.2 cm³/mol. The van der Waals surface area contributed by atoms with Gasteiger partial charge in [0.25, 0.3) is 0 Å². The van der Waals surface area contributed by atoms with Gasteiger partial charge in [0.15, 0.2) is 5.82 Å². The van der Waals surface area contributed by atoms with Gasteiger partial charge in [-0.05, 0) is 29.8 Å². The molecule has 0 radical (unpaired) electrons. The zero-order valence-electron chi connectivity index (χ0n) is 13.1. The third-order valence-corrected chi connectivity index (χ3v) is 4.77. The van der Waals surface area contributed by atoms with E-state index in [0.29, 0.717) is 33.6 Å². The summed E-state index contributed by atoms with van der Waals surface area (Å²) in [5.41, 5.74) is 0.582. The van der Waals surface area contributed by atoms with E-state index in [2.05, 4.69) is 15.3 Å². The van der Waals surface area contributed by atoms with Crippen LogP contribution >= 0.6 is 11.8 Å². The van der Waals surface area contributed by atoms with Crippen molar-refractivity contribution in [1.82, 2.24) is 14.9 Å². The smallest absolute Gasteiger partial charge is 0.416 e. The minimum absolute atomic E-state index is 0.0223. The normalized spacial score (nSPS) is 14.0. The average molecular weight is 376 g/mol. The van der Waals surface area contributed by atoms with Crippen LogP contribution < -0.4 is 0 Å². The number of aromatic nitrogens is 3. The molecule has 4 rings (SSSR count). The van der Waals surface area contributed by atoms with Gasteiger partial charge in [-0.15, -0.1) is 10.2 Å². The molecule has 9 heteroatoms. The third kappa shape index (κ3) is 2.94. The highest BCUT2D eigenvalue weighted by Crippen LogP contribution is 2.34. The first-order valence-corrected chi connectivity index (χ1v) is 8.54.